The number of halogens is 1. The van der Waals surface area contributed by atoms with Crippen molar-refractivity contribution in [3.63, 3.8) is 0 Å². The zero-order chi connectivity index (χ0) is 22.4. The highest BCUT2D eigenvalue weighted by Crippen LogP contribution is 2.40. The Labute approximate surface area is 202 Å². The van der Waals surface area contributed by atoms with Gasteiger partial charge in [0.2, 0.25) is 11.8 Å². The lowest BCUT2D eigenvalue weighted by Gasteiger charge is -2.45. The maximum Gasteiger partial charge on any atom is 0.236 e. The number of nitrogens with one attached hydrogen (secondary N) is 1. The molecule has 6 N–H and O–H groups in total. The summed E-state index contributed by atoms with van der Waals surface area (Å²) in [5.74, 6) is -0.325. The van der Waals surface area contributed by atoms with Gasteiger partial charge in [-0.25, -0.2) is 0 Å². The van der Waals surface area contributed by atoms with Crippen LogP contribution in [0.3, 0.4) is 0 Å². The summed E-state index contributed by atoms with van der Waals surface area (Å²) < 4.78 is 0. The molecule has 0 saturated carbocycles. The number of phenols is 1. The van der Waals surface area contributed by atoms with E-state index in [-0.39, 0.29) is 41.7 Å². The molecule has 1 fully saturated rings. The normalized spacial score (nSPS) is 21.2. The number of aromatic hydroxyl groups is 1. The lowest BCUT2D eigenvalue weighted by atomic mass is 9.68. The molecule has 2 amide bonds. The third-order valence-corrected chi connectivity index (χ3v) is 6.76. The Morgan fingerprint density at radius 1 is 1.21 bits per heavy atom. The summed E-state index contributed by atoms with van der Waals surface area (Å²) in [4.78, 5) is 26.2. The molecule has 0 aliphatic carbocycles. The van der Waals surface area contributed by atoms with Crippen LogP contribution in [-0.4, -0.2) is 53.5 Å². The van der Waals surface area contributed by atoms with Crippen LogP contribution in [0.2, 0.25) is 0 Å². The van der Waals surface area contributed by atoms with Gasteiger partial charge < -0.3 is 26.5 Å². The summed E-state index contributed by atoms with van der Waals surface area (Å²) in [7, 11) is 0. The minimum atomic E-state index is -0.545. The molecule has 8 heteroatoms. The topological polar surface area (TPSA) is 127 Å². The van der Waals surface area contributed by atoms with Crippen molar-refractivity contribution in [2.45, 2.75) is 38.0 Å². The molecule has 1 heterocycles. The third kappa shape index (κ3) is 7.19. The van der Waals surface area contributed by atoms with E-state index in [9.17, 15) is 14.7 Å². The summed E-state index contributed by atoms with van der Waals surface area (Å²) in [5, 5.41) is 12.6. The Morgan fingerprint density at radius 3 is 2.52 bits per heavy atom. The van der Waals surface area contributed by atoms with Crippen molar-refractivity contribution in [2.75, 3.05) is 26.2 Å². The zero-order valence-corrected chi connectivity index (χ0v) is 20.1. The van der Waals surface area contributed by atoms with Crippen LogP contribution in [0.5, 0.6) is 5.75 Å². The second-order valence-electron chi connectivity index (χ2n) is 8.86. The van der Waals surface area contributed by atoms with Crippen LogP contribution in [0.1, 0.15) is 43.7 Å². The van der Waals surface area contributed by atoms with Crippen molar-refractivity contribution in [3.05, 3.63) is 65.7 Å². The second kappa shape index (κ2) is 12.6. The number of carbonyl (C=O) groups is 2. The number of primary amides is 1. The molecule has 0 spiro atoms. The number of benzene rings is 2. The molecule has 1 aliphatic rings. The average molecular weight is 478 g/mol. The van der Waals surface area contributed by atoms with Gasteiger partial charge in [-0.2, -0.15) is 0 Å². The molecule has 2 aromatic rings. The van der Waals surface area contributed by atoms with E-state index in [0.717, 1.165) is 31.6 Å². The molecule has 33 heavy (non-hydrogen) atoms. The molecular weight excluding hydrogens is 442 g/mol. The standard InChI is InChI=1S/C25H33N3O3.ClH.H2O/c1-18-17-28(14-12-25(18,2)20-9-6-10-21(29)15-20)13-11-22(19-7-4-3-5-8-19)24(31)27-16-23(26)30;;/h3-10,15,18,22,29H,11-14,16-17H2,1-2H3,(H2,26,30)(H,27,31);1H;1H2. The van der Waals surface area contributed by atoms with Crippen molar-refractivity contribution < 1.29 is 20.2 Å². The largest absolute Gasteiger partial charge is 0.508 e. The Hall–Kier alpha value is -2.61. The van der Waals surface area contributed by atoms with Crippen molar-refractivity contribution in [1.82, 2.24) is 10.2 Å². The van der Waals surface area contributed by atoms with E-state index in [1.54, 1.807) is 6.07 Å². The molecule has 3 atom stereocenters. The first-order valence-electron chi connectivity index (χ1n) is 10.9. The predicted molar refractivity (Wildman–Crippen MR) is 133 cm³/mol. The van der Waals surface area contributed by atoms with Gasteiger partial charge >= 0.3 is 0 Å². The van der Waals surface area contributed by atoms with Crippen LogP contribution in [0, 0.1) is 5.92 Å². The Balaban J connectivity index is 0.00000272. The summed E-state index contributed by atoms with van der Waals surface area (Å²) in [5.41, 5.74) is 7.32. The van der Waals surface area contributed by atoms with E-state index in [1.807, 2.05) is 42.5 Å². The lowest BCUT2D eigenvalue weighted by Crippen LogP contribution is -2.48. The molecule has 182 valence electrons. The minimum absolute atomic E-state index is 0. The lowest BCUT2D eigenvalue weighted by molar-refractivity contribution is -0.126. The van der Waals surface area contributed by atoms with Crippen LogP contribution in [-0.2, 0) is 15.0 Å². The number of rotatable bonds is 8. The van der Waals surface area contributed by atoms with Gasteiger partial charge in [-0.05, 0) is 60.5 Å². The van der Waals surface area contributed by atoms with Crippen molar-refractivity contribution >= 4 is 24.2 Å². The summed E-state index contributed by atoms with van der Waals surface area (Å²) >= 11 is 0. The molecule has 7 nitrogen and oxygen atoms in total. The first-order valence-corrected chi connectivity index (χ1v) is 10.9. The highest BCUT2D eigenvalue weighted by molar-refractivity contribution is 5.87. The monoisotopic (exact) mass is 477 g/mol. The molecule has 1 saturated heterocycles. The van der Waals surface area contributed by atoms with E-state index in [4.69, 9.17) is 5.73 Å². The molecule has 0 aromatic heterocycles. The van der Waals surface area contributed by atoms with E-state index >= 15 is 0 Å². The molecule has 1 aliphatic heterocycles. The number of phenolic OH excluding ortho intramolecular Hbond substituents is 1. The summed E-state index contributed by atoms with van der Waals surface area (Å²) in [6.07, 6.45) is 1.66. The number of likely N-dealkylation sites (tertiary alicyclic amines) is 1. The SMILES string of the molecule is CC1CN(CCC(C(=O)NCC(N)=O)c2ccccc2)CCC1(C)c1cccc(O)c1.Cl.O. The van der Waals surface area contributed by atoms with Gasteiger partial charge in [0, 0.05) is 6.54 Å². The van der Waals surface area contributed by atoms with Gasteiger partial charge in [-0.3, -0.25) is 9.59 Å². The van der Waals surface area contributed by atoms with Gasteiger partial charge in [-0.1, -0.05) is 56.3 Å². The molecular formula is C25H36ClN3O4. The van der Waals surface area contributed by atoms with Crippen molar-refractivity contribution in [2.24, 2.45) is 11.7 Å². The van der Waals surface area contributed by atoms with Gasteiger partial charge in [0.25, 0.3) is 0 Å². The number of amides is 2. The van der Waals surface area contributed by atoms with E-state index < -0.39 is 5.91 Å². The highest BCUT2D eigenvalue weighted by atomic mass is 35.5. The predicted octanol–water partition coefficient (Wildman–Crippen LogP) is 2.36. The fraction of sp³-hybridized carbons (Fsp3) is 0.440. The second-order valence-corrected chi connectivity index (χ2v) is 8.86. The number of hydrogen-bond donors (Lipinski definition) is 3. The van der Waals surface area contributed by atoms with Crippen molar-refractivity contribution in [3.8, 4) is 5.75 Å². The fourth-order valence-electron chi connectivity index (χ4n) is 4.55. The van der Waals surface area contributed by atoms with E-state index in [2.05, 4.69) is 30.1 Å². The van der Waals surface area contributed by atoms with E-state index in [0.29, 0.717) is 18.1 Å². The van der Waals surface area contributed by atoms with Crippen LogP contribution in [0.15, 0.2) is 54.6 Å². The first kappa shape index (κ1) is 28.4. The van der Waals surface area contributed by atoms with Crippen LogP contribution in [0.4, 0.5) is 0 Å². The maximum absolute atomic E-state index is 12.7. The van der Waals surface area contributed by atoms with Gasteiger partial charge in [0.1, 0.15) is 5.75 Å². The molecule has 0 bridgehead atoms. The highest BCUT2D eigenvalue weighted by Gasteiger charge is 2.38. The zero-order valence-electron chi connectivity index (χ0n) is 19.3. The maximum atomic E-state index is 12.7. The van der Waals surface area contributed by atoms with Gasteiger partial charge in [0.15, 0.2) is 0 Å². The average Bonchev–Trinajstić information content (AvgIpc) is 2.75. The number of hydrogen-bond acceptors (Lipinski definition) is 4. The number of nitrogens with zero attached hydrogens (tertiary/aromatic N) is 1. The Bertz CT molecular complexity index is 912. The molecule has 2 aromatic carbocycles. The first-order chi connectivity index (χ1) is 14.8. The fourth-order valence-corrected chi connectivity index (χ4v) is 4.55. The quantitative estimate of drug-likeness (QED) is 0.539. The third-order valence-electron chi connectivity index (χ3n) is 6.76. The summed E-state index contributed by atoms with van der Waals surface area (Å²) in [6.45, 7) is 7.03. The summed E-state index contributed by atoms with van der Waals surface area (Å²) in [6, 6.07) is 17.3. The number of nitrogens with two attached hydrogens (primary N) is 1. The van der Waals surface area contributed by atoms with Crippen molar-refractivity contribution in [1.29, 1.82) is 0 Å². The number of piperidine rings is 1. The van der Waals surface area contributed by atoms with Crippen LogP contribution < -0.4 is 11.1 Å². The van der Waals surface area contributed by atoms with Crippen LogP contribution in [0.25, 0.3) is 0 Å². The molecule has 0 radical (unpaired) electrons. The van der Waals surface area contributed by atoms with Crippen LogP contribution >= 0.6 is 12.4 Å². The Morgan fingerprint density at radius 2 is 1.91 bits per heavy atom. The minimum Gasteiger partial charge on any atom is -0.508 e. The number of carbonyl (C=O) groups excluding carboxylic acids is 2. The molecule has 3 unspecified atom stereocenters. The smallest absolute Gasteiger partial charge is 0.236 e. The van der Waals surface area contributed by atoms with E-state index in [1.165, 1.54) is 5.56 Å². The van der Waals surface area contributed by atoms with Gasteiger partial charge in [-0.15, -0.1) is 12.4 Å². The van der Waals surface area contributed by atoms with Gasteiger partial charge in [0.05, 0.1) is 12.5 Å². The molecule has 3 rings (SSSR count). The Kier molecular flexibility index (Phi) is 10.8.